The molecule has 0 amide bonds. The average molecular weight is 565 g/mol. The number of allylic oxidation sites excluding steroid dienone is 1. The fraction of sp³-hybridized carbons (Fsp3) is 0.394. The van der Waals surface area contributed by atoms with E-state index in [0.29, 0.717) is 4.75 Å². The molecule has 1 aliphatic heterocycles. The summed E-state index contributed by atoms with van der Waals surface area (Å²) in [5, 5.41) is 0. The van der Waals surface area contributed by atoms with Crippen molar-refractivity contribution in [2.24, 2.45) is 5.41 Å². The number of benzene rings is 3. The van der Waals surface area contributed by atoms with Crippen molar-refractivity contribution in [3.63, 3.8) is 0 Å². The summed E-state index contributed by atoms with van der Waals surface area (Å²) in [4.78, 5) is 2.55. The van der Waals surface area contributed by atoms with Gasteiger partial charge in [0.15, 0.2) is 0 Å². The van der Waals surface area contributed by atoms with E-state index in [1.54, 1.807) is 12.1 Å². The van der Waals surface area contributed by atoms with Crippen LogP contribution in [-0.4, -0.2) is 13.3 Å². The van der Waals surface area contributed by atoms with Crippen molar-refractivity contribution in [2.75, 3.05) is 0 Å². The fourth-order valence-corrected chi connectivity index (χ4v) is 20.7. The molecule has 0 bridgehead atoms. The second-order valence-corrected chi connectivity index (χ2v) is 20.2. The molecule has 4 rings (SSSR count). The summed E-state index contributed by atoms with van der Waals surface area (Å²) in [6.07, 6.45) is -3.33. The normalized spacial score (nSPS) is 17.4. The van der Waals surface area contributed by atoms with Crippen LogP contribution in [0.5, 0.6) is 0 Å². The van der Waals surface area contributed by atoms with Crippen molar-refractivity contribution in [3.8, 4) is 0 Å². The maximum absolute atomic E-state index is 13.3. The summed E-state index contributed by atoms with van der Waals surface area (Å²) in [7, 11) is 0. The molecule has 3 aromatic carbocycles. The molecule has 1 heterocycles. The van der Waals surface area contributed by atoms with Gasteiger partial charge in [-0.1, -0.05) is 0 Å². The molecule has 0 fully saturated rings. The van der Waals surface area contributed by atoms with Crippen LogP contribution >= 0.6 is 0 Å². The molecular formula is C33H39F3Ge. The van der Waals surface area contributed by atoms with Crippen molar-refractivity contribution in [1.82, 2.24) is 0 Å². The van der Waals surface area contributed by atoms with Crippen LogP contribution < -0.4 is 8.79 Å². The van der Waals surface area contributed by atoms with Gasteiger partial charge < -0.3 is 0 Å². The Balaban J connectivity index is 2.06. The van der Waals surface area contributed by atoms with Crippen molar-refractivity contribution < 1.29 is 13.2 Å². The zero-order valence-corrected chi connectivity index (χ0v) is 25.7. The predicted octanol–water partition coefficient (Wildman–Crippen LogP) is 8.56. The summed E-state index contributed by atoms with van der Waals surface area (Å²) in [5.41, 5.74) is 9.56. The summed E-state index contributed by atoms with van der Waals surface area (Å²) in [6, 6.07) is 15.1. The number of rotatable bonds is 4. The molecule has 37 heavy (non-hydrogen) atoms. The Morgan fingerprint density at radius 3 is 1.43 bits per heavy atom. The molecule has 0 spiro atoms. The molecule has 0 aromatic heterocycles. The second kappa shape index (κ2) is 9.48. The number of aryl methyl sites for hydroxylation is 6. The number of hydrogen-bond donors (Lipinski definition) is 0. The number of alkyl halides is 3. The summed E-state index contributed by atoms with van der Waals surface area (Å²) >= 11 is -3.17. The van der Waals surface area contributed by atoms with Gasteiger partial charge in [-0.25, -0.2) is 0 Å². The van der Waals surface area contributed by atoms with Gasteiger partial charge in [0.2, 0.25) is 0 Å². The maximum atomic E-state index is 13.3. The van der Waals surface area contributed by atoms with Gasteiger partial charge in [-0.05, 0) is 0 Å². The van der Waals surface area contributed by atoms with Gasteiger partial charge >= 0.3 is 224 Å². The third-order valence-corrected chi connectivity index (χ3v) is 19.6. The van der Waals surface area contributed by atoms with Gasteiger partial charge in [-0.15, -0.1) is 0 Å². The predicted molar refractivity (Wildman–Crippen MR) is 154 cm³/mol. The van der Waals surface area contributed by atoms with Crippen LogP contribution in [0.1, 0.15) is 71.7 Å². The van der Waals surface area contributed by atoms with Gasteiger partial charge in [0.05, 0.1) is 0 Å². The van der Waals surface area contributed by atoms with E-state index in [2.05, 4.69) is 91.5 Å². The first-order valence-corrected chi connectivity index (χ1v) is 17.6. The zero-order valence-electron chi connectivity index (χ0n) is 23.6. The quantitative estimate of drug-likeness (QED) is 0.278. The molecule has 4 heteroatoms. The Bertz CT molecular complexity index is 1260. The van der Waals surface area contributed by atoms with E-state index in [1.165, 1.54) is 59.9 Å². The third kappa shape index (κ3) is 5.08. The second-order valence-electron chi connectivity index (χ2n) is 12.4. The Labute approximate surface area is 223 Å². The molecule has 1 aliphatic rings. The minimum atomic E-state index is -4.33. The van der Waals surface area contributed by atoms with Gasteiger partial charge in [0, 0.05) is 0 Å². The zero-order chi connectivity index (χ0) is 27.5. The fourth-order valence-electron chi connectivity index (χ4n) is 6.90. The van der Waals surface area contributed by atoms with Crippen molar-refractivity contribution in [1.29, 1.82) is 0 Å². The Morgan fingerprint density at radius 1 is 0.676 bits per heavy atom. The van der Waals surface area contributed by atoms with Gasteiger partial charge in [-0.3, -0.25) is 0 Å². The first-order chi connectivity index (χ1) is 17.0. The first-order valence-electron chi connectivity index (χ1n) is 13.1. The van der Waals surface area contributed by atoms with Crippen LogP contribution in [0, 0.1) is 47.0 Å². The molecular weight excluding hydrogens is 526 g/mol. The number of hydrogen-bond acceptors (Lipinski definition) is 0. The molecule has 1 unspecified atom stereocenters. The molecule has 0 nitrogen and oxygen atoms in total. The molecule has 0 saturated carbocycles. The Kier molecular flexibility index (Phi) is 7.12. The van der Waals surface area contributed by atoms with Gasteiger partial charge in [0.1, 0.15) is 0 Å². The molecule has 196 valence electrons. The van der Waals surface area contributed by atoms with Gasteiger partial charge in [-0.2, -0.15) is 0 Å². The van der Waals surface area contributed by atoms with Crippen molar-refractivity contribution >= 4 is 27.6 Å². The summed E-state index contributed by atoms with van der Waals surface area (Å²) in [6.45, 7) is 20.2. The third-order valence-electron chi connectivity index (χ3n) is 7.85. The van der Waals surface area contributed by atoms with E-state index in [1.807, 2.05) is 0 Å². The molecule has 0 aliphatic carbocycles. The summed E-state index contributed by atoms with van der Waals surface area (Å²) < 4.78 is 43.3. The standard InChI is InChI=1S/C33H39F3Ge/c1-20-14-22(3)30(23(4)15-20)37(31-24(5)16-21(2)17-25(31)6)19-28(29(37)18-32(7,8)9)26-10-12-27(13-11-26)33(34,35)36/h10-17,19,29H,18H2,1-9H3. The van der Waals surface area contributed by atoms with E-state index >= 15 is 0 Å². The Hall–Kier alpha value is -2.27. The van der Waals surface area contributed by atoms with Crippen LogP contribution in [0.4, 0.5) is 13.2 Å². The number of halogens is 3. The van der Waals surface area contributed by atoms with E-state index in [0.717, 1.165) is 12.0 Å². The molecule has 1 atom stereocenters. The van der Waals surface area contributed by atoms with E-state index < -0.39 is 25.0 Å². The molecule has 0 saturated heterocycles. The average Bonchev–Trinajstić information content (AvgIpc) is 2.73. The van der Waals surface area contributed by atoms with Gasteiger partial charge in [0.25, 0.3) is 0 Å². The van der Waals surface area contributed by atoms with Crippen molar-refractivity contribution in [3.05, 3.63) is 97.9 Å². The van der Waals surface area contributed by atoms with Crippen molar-refractivity contribution in [2.45, 2.75) is 79.7 Å². The molecule has 0 N–H and O–H groups in total. The molecule has 3 aromatic rings. The monoisotopic (exact) mass is 566 g/mol. The van der Waals surface area contributed by atoms with E-state index in [4.69, 9.17) is 0 Å². The first kappa shape index (κ1) is 27.8. The topological polar surface area (TPSA) is 0 Å². The summed E-state index contributed by atoms with van der Waals surface area (Å²) in [5.74, 6) is 0. The van der Waals surface area contributed by atoms with Crippen LogP contribution in [0.2, 0.25) is 4.75 Å². The SMILES string of the molecule is Cc1cc(C)[c]([Ge]2([c]3c(C)cc(C)cc3C)[CH]=C(c3ccc(C(F)(F)F)cc3)[CH]2CC(C)(C)C)c(C)c1. The Morgan fingerprint density at radius 2 is 1.08 bits per heavy atom. The minimum absolute atomic E-state index is 0.0750. The van der Waals surface area contributed by atoms with Crippen LogP contribution in [0.3, 0.4) is 0 Å². The van der Waals surface area contributed by atoms with E-state index in [-0.39, 0.29) is 5.41 Å². The van der Waals surface area contributed by atoms with Crippen LogP contribution in [0.25, 0.3) is 5.57 Å². The van der Waals surface area contributed by atoms with Crippen LogP contribution in [0.15, 0.2) is 53.4 Å². The van der Waals surface area contributed by atoms with Crippen LogP contribution in [-0.2, 0) is 6.18 Å². The molecule has 0 radical (unpaired) electrons. The van der Waals surface area contributed by atoms with E-state index in [9.17, 15) is 13.2 Å².